The van der Waals surface area contributed by atoms with E-state index >= 15 is 0 Å². The van der Waals surface area contributed by atoms with Crippen LogP contribution in [0.5, 0.6) is 0 Å². The summed E-state index contributed by atoms with van der Waals surface area (Å²) in [5.74, 6) is -0.644. The Morgan fingerprint density at radius 2 is 1.88 bits per heavy atom. The van der Waals surface area contributed by atoms with Crippen molar-refractivity contribution in [2.24, 2.45) is 5.92 Å². The van der Waals surface area contributed by atoms with Crippen LogP contribution in [0.15, 0.2) is 30.3 Å². The van der Waals surface area contributed by atoms with Gasteiger partial charge in [-0.3, -0.25) is 4.79 Å². The van der Waals surface area contributed by atoms with Crippen LogP contribution in [0.2, 0.25) is 0 Å². The summed E-state index contributed by atoms with van der Waals surface area (Å²) in [5, 5.41) is 3.14. The first kappa shape index (κ1) is 18.3. The molecule has 0 saturated heterocycles. The second-order valence-corrected chi connectivity index (χ2v) is 6.57. The average Bonchev–Trinajstić information content (AvgIpc) is 2.62. The minimum atomic E-state index is -0.351. The lowest BCUT2D eigenvalue weighted by atomic mass is 9.96. The second kappa shape index (κ2) is 9.30. The van der Waals surface area contributed by atoms with Crippen LogP contribution in [0.1, 0.15) is 44.6 Å². The van der Waals surface area contributed by atoms with Crippen molar-refractivity contribution in [3.8, 4) is 0 Å². The van der Waals surface area contributed by atoms with E-state index in [0.717, 1.165) is 18.4 Å². The number of amides is 2. The molecule has 1 aromatic carbocycles. The molecule has 0 spiro atoms. The highest BCUT2D eigenvalue weighted by Gasteiger charge is 2.24. The fourth-order valence-electron chi connectivity index (χ4n) is 3.14. The van der Waals surface area contributed by atoms with Gasteiger partial charge in [-0.25, -0.2) is 4.79 Å². The Morgan fingerprint density at radius 3 is 2.50 bits per heavy atom. The summed E-state index contributed by atoms with van der Waals surface area (Å²) in [5.41, 5.74) is 1.05. The van der Waals surface area contributed by atoms with Gasteiger partial charge in [0.2, 0.25) is 0 Å². The van der Waals surface area contributed by atoms with Crippen molar-refractivity contribution < 1.29 is 14.3 Å². The van der Waals surface area contributed by atoms with Crippen LogP contribution in [-0.4, -0.2) is 36.6 Å². The molecule has 1 aromatic rings. The quantitative estimate of drug-likeness (QED) is 0.813. The van der Waals surface area contributed by atoms with Crippen LogP contribution in [0.3, 0.4) is 0 Å². The summed E-state index contributed by atoms with van der Waals surface area (Å²) in [6.45, 7) is 2.62. The standard InChI is InChI=1S/C19H28N2O3/c1-15(18(22)24-2)13-21(14-16-9-5-3-6-10-16)19(23)20-17-11-7-4-8-12-17/h3,5-6,9-10,15,17H,4,7-8,11-14H2,1-2H3,(H,20,23). The van der Waals surface area contributed by atoms with E-state index in [0.29, 0.717) is 13.1 Å². The summed E-state index contributed by atoms with van der Waals surface area (Å²) < 4.78 is 4.80. The van der Waals surface area contributed by atoms with E-state index in [4.69, 9.17) is 4.74 Å². The zero-order valence-corrected chi connectivity index (χ0v) is 14.7. The number of rotatable bonds is 6. The first-order valence-electron chi connectivity index (χ1n) is 8.77. The van der Waals surface area contributed by atoms with Crippen LogP contribution in [-0.2, 0) is 16.1 Å². The summed E-state index contributed by atoms with van der Waals surface area (Å²) in [4.78, 5) is 26.2. The van der Waals surface area contributed by atoms with Gasteiger partial charge < -0.3 is 15.0 Å². The number of carbonyl (C=O) groups excluding carboxylic acids is 2. The first-order valence-corrected chi connectivity index (χ1v) is 8.77. The van der Waals surface area contributed by atoms with E-state index in [1.165, 1.54) is 26.4 Å². The third-order valence-electron chi connectivity index (χ3n) is 4.53. The number of nitrogens with one attached hydrogen (secondary N) is 1. The summed E-state index contributed by atoms with van der Waals surface area (Å²) in [6, 6.07) is 9.99. The Balaban J connectivity index is 2.02. The number of benzene rings is 1. The monoisotopic (exact) mass is 332 g/mol. The predicted octanol–water partition coefficient (Wildman–Crippen LogP) is 3.34. The number of carbonyl (C=O) groups is 2. The van der Waals surface area contributed by atoms with E-state index in [1.807, 2.05) is 30.3 Å². The van der Waals surface area contributed by atoms with Gasteiger partial charge in [-0.05, 0) is 18.4 Å². The Kier molecular flexibility index (Phi) is 7.09. The zero-order chi connectivity index (χ0) is 17.4. The molecule has 0 heterocycles. The molecule has 0 aliphatic heterocycles. The Labute approximate surface area is 144 Å². The normalized spacial score (nSPS) is 16.2. The third-order valence-corrected chi connectivity index (χ3v) is 4.53. The number of esters is 1. The number of hydrogen-bond acceptors (Lipinski definition) is 3. The maximum Gasteiger partial charge on any atom is 0.317 e. The van der Waals surface area contributed by atoms with E-state index in [1.54, 1.807) is 11.8 Å². The van der Waals surface area contributed by atoms with Crippen LogP contribution in [0.4, 0.5) is 4.79 Å². The van der Waals surface area contributed by atoms with Crippen molar-refractivity contribution in [2.75, 3.05) is 13.7 Å². The van der Waals surface area contributed by atoms with E-state index in [-0.39, 0.29) is 24.0 Å². The van der Waals surface area contributed by atoms with Crippen molar-refractivity contribution in [3.63, 3.8) is 0 Å². The highest BCUT2D eigenvalue weighted by molar-refractivity contribution is 5.76. The topological polar surface area (TPSA) is 58.6 Å². The molecule has 1 N–H and O–H groups in total. The molecule has 1 fully saturated rings. The lowest BCUT2D eigenvalue weighted by molar-refractivity contribution is -0.145. The molecule has 1 aliphatic carbocycles. The van der Waals surface area contributed by atoms with Crippen molar-refractivity contribution in [1.82, 2.24) is 10.2 Å². The maximum absolute atomic E-state index is 12.7. The first-order chi connectivity index (χ1) is 11.6. The fraction of sp³-hybridized carbons (Fsp3) is 0.579. The van der Waals surface area contributed by atoms with Gasteiger partial charge in [0.15, 0.2) is 0 Å². The summed E-state index contributed by atoms with van der Waals surface area (Å²) >= 11 is 0. The molecule has 5 nitrogen and oxygen atoms in total. The molecule has 24 heavy (non-hydrogen) atoms. The summed E-state index contributed by atoms with van der Waals surface area (Å²) in [6.07, 6.45) is 5.67. The second-order valence-electron chi connectivity index (χ2n) is 6.57. The third kappa shape index (κ3) is 5.55. The molecule has 1 unspecified atom stereocenters. The van der Waals surface area contributed by atoms with Gasteiger partial charge in [0.1, 0.15) is 0 Å². The number of methoxy groups -OCH3 is 1. The molecular formula is C19H28N2O3. The average molecular weight is 332 g/mol. The molecule has 2 rings (SSSR count). The fourth-order valence-corrected chi connectivity index (χ4v) is 3.14. The van der Waals surface area contributed by atoms with Gasteiger partial charge >= 0.3 is 12.0 Å². The number of hydrogen-bond donors (Lipinski definition) is 1. The van der Waals surface area contributed by atoms with Gasteiger partial charge in [-0.1, -0.05) is 56.5 Å². The lowest BCUT2D eigenvalue weighted by Crippen LogP contribution is -2.47. The van der Waals surface area contributed by atoms with Crippen LogP contribution >= 0.6 is 0 Å². The molecule has 132 valence electrons. The van der Waals surface area contributed by atoms with Crippen molar-refractivity contribution in [1.29, 1.82) is 0 Å². The van der Waals surface area contributed by atoms with Crippen LogP contribution in [0.25, 0.3) is 0 Å². The lowest BCUT2D eigenvalue weighted by Gasteiger charge is -2.29. The Morgan fingerprint density at radius 1 is 1.21 bits per heavy atom. The molecule has 1 atom stereocenters. The van der Waals surface area contributed by atoms with E-state index in [2.05, 4.69) is 5.32 Å². The van der Waals surface area contributed by atoms with Crippen LogP contribution in [0, 0.1) is 5.92 Å². The smallest absolute Gasteiger partial charge is 0.317 e. The predicted molar refractivity (Wildman–Crippen MR) is 93.4 cm³/mol. The van der Waals surface area contributed by atoms with Crippen LogP contribution < -0.4 is 5.32 Å². The molecular weight excluding hydrogens is 304 g/mol. The SMILES string of the molecule is COC(=O)C(C)CN(Cc1ccccc1)C(=O)NC1CCCCC1. The molecule has 0 radical (unpaired) electrons. The number of nitrogens with zero attached hydrogens (tertiary/aromatic N) is 1. The van der Waals surface area contributed by atoms with Crippen molar-refractivity contribution in [3.05, 3.63) is 35.9 Å². The Bertz CT molecular complexity index is 527. The Hall–Kier alpha value is -2.04. The van der Waals surface area contributed by atoms with Gasteiger partial charge in [-0.15, -0.1) is 0 Å². The zero-order valence-electron chi connectivity index (χ0n) is 14.7. The van der Waals surface area contributed by atoms with Gasteiger partial charge in [-0.2, -0.15) is 0 Å². The molecule has 2 amide bonds. The largest absolute Gasteiger partial charge is 0.469 e. The highest BCUT2D eigenvalue weighted by atomic mass is 16.5. The molecule has 5 heteroatoms. The van der Waals surface area contributed by atoms with Gasteiger partial charge in [0, 0.05) is 19.1 Å². The molecule has 1 aliphatic rings. The molecule has 1 saturated carbocycles. The summed E-state index contributed by atoms with van der Waals surface area (Å²) in [7, 11) is 1.38. The minimum Gasteiger partial charge on any atom is -0.469 e. The van der Waals surface area contributed by atoms with E-state index < -0.39 is 0 Å². The van der Waals surface area contributed by atoms with Gasteiger partial charge in [0.05, 0.1) is 13.0 Å². The minimum absolute atomic E-state index is 0.0958. The molecule has 0 aromatic heterocycles. The van der Waals surface area contributed by atoms with E-state index in [9.17, 15) is 9.59 Å². The number of urea groups is 1. The van der Waals surface area contributed by atoms with Gasteiger partial charge in [0.25, 0.3) is 0 Å². The maximum atomic E-state index is 12.7. The van der Waals surface area contributed by atoms with Crippen molar-refractivity contribution >= 4 is 12.0 Å². The number of ether oxygens (including phenoxy) is 1. The highest BCUT2D eigenvalue weighted by Crippen LogP contribution is 2.18. The molecule has 0 bridgehead atoms. The van der Waals surface area contributed by atoms with Crippen molar-refractivity contribution in [2.45, 2.75) is 51.6 Å².